The Balaban J connectivity index is 1.30. The molecule has 0 fully saturated rings. The highest BCUT2D eigenvalue weighted by Gasteiger charge is 2.16. The number of phenolic OH excluding ortho intramolecular Hbond substituents is 2. The molecule has 0 bridgehead atoms. The average Bonchev–Trinajstić information content (AvgIpc) is 3.09. The molecule has 0 saturated carbocycles. The monoisotopic (exact) mass is 696 g/mol. The van der Waals surface area contributed by atoms with Crippen LogP contribution >= 0.6 is 11.8 Å². The number of aryl methyl sites for hydroxylation is 4. The van der Waals surface area contributed by atoms with Gasteiger partial charge in [-0.2, -0.15) is 0 Å². The second kappa shape index (κ2) is 15.1. The van der Waals surface area contributed by atoms with E-state index in [1.165, 1.54) is 11.8 Å². The summed E-state index contributed by atoms with van der Waals surface area (Å²) < 4.78 is 11.3. The van der Waals surface area contributed by atoms with Crippen LogP contribution in [0.5, 0.6) is 23.0 Å². The molecule has 0 spiro atoms. The van der Waals surface area contributed by atoms with Crippen LogP contribution in [-0.2, 0) is 0 Å². The predicted molar refractivity (Wildman–Crippen MR) is 202 cm³/mol. The largest absolute Gasteiger partial charge is 0.508 e. The Morgan fingerprint density at radius 3 is 1.25 bits per heavy atom. The molecule has 0 aliphatic carbocycles. The molecule has 0 heterocycles. The summed E-state index contributed by atoms with van der Waals surface area (Å²) in [6, 6.07) is 35.7. The molecule has 8 nitrogen and oxygen atoms in total. The van der Waals surface area contributed by atoms with E-state index >= 15 is 0 Å². The Bertz CT molecular complexity index is 2070. The zero-order chi connectivity index (χ0) is 36.1. The van der Waals surface area contributed by atoms with Gasteiger partial charge in [-0.3, -0.25) is 10.6 Å². The molecule has 4 N–H and O–H groups in total. The van der Waals surface area contributed by atoms with Crippen LogP contribution in [0.25, 0.3) is 22.3 Å². The minimum absolute atomic E-state index is 0.132. The van der Waals surface area contributed by atoms with Gasteiger partial charge in [0.1, 0.15) is 23.0 Å². The Hall–Kier alpha value is -6.19. The van der Waals surface area contributed by atoms with Gasteiger partial charge in [-0.1, -0.05) is 60.3 Å². The predicted octanol–water partition coefficient (Wildman–Crippen LogP) is 11.0. The molecule has 51 heavy (non-hydrogen) atoms. The highest BCUT2D eigenvalue weighted by atomic mass is 32.2. The second-order valence-electron chi connectivity index (χ2n) is 12.1. The van der Waals surface area contributed by atoms with Crippen LogP contribution in [0.15, 0.2) is 131 Å². The molecule has 0 radical (unpaired) electrons. The number of carbonyl (C=O) groups is 2. The lowest BCUT2D eigenvalue weighted by atomic mass is 10.0. The third-order valence-electron chi connectivity index (χ3n) is 8.43. The first kappa shape index (κ1) is 34.7. The van der Waals surface area contributed by atoms with Gasteiger partial charge in [-0.05, 0) is 134 Å². The Morgan fingerprint density at radius 2 is 0.882 bits per heavy atom. The van der Waals surface area contributed by atoms with Crippen molar-refractivity contribution in [1.82, 2.24) is 0 Å². The lowest BCUT2D eigenvalue weighted by molar-refractivity contribution is 0.214. The van der Waals surface area contributed by atoms with Crippen molar-refractivity contribution in [2.75, 3.05) is 10.6 Å². The van der Waals surface area contributed by atoms with Gasteiger partial charge in [-0.15, -0.1) is 0 Å². The van der Waals surface area contributed by atoms with Crippen molar-refractivity contribution in [2.24, 2.45) is 0 Å². The smallest absolute Gasteiger partial charge is 0.417 e. The molecular weight excluding hydrogens is 661 g/mol. The molecule has 6 aromatic rings. The van der Waals surface area contributed by atoms with E-state index in [0.29, 0.717) is 22.9 Å². The number of hydrogen-bond donors (Lipinski definition) is 4. The molecule has 0 aromatic heterocycles. The van der Waals surface area contributed by atoms with E-state index in [2.05, 4.69) is 10.6 Å². The van der Waals surface area contributed by atoms with E-state index in [1.54, 1.807) is 60.7 Å². The molecule has 256 valence electrons. The van der Waals surface area contributed by atoms with Crippen molar-refractivity contribution in [3.63, 3.8) is 0 Å². The Morgan fingerprint density at radius 1 is 0.490 bits per heavy atom. The number of benzene rings is 6. The number of rotatable bonds is 8. The number of ether oxygens (including phenoxy) is 2. The number of nitrogens with one attached hydrogen (secondary N) is 2. The van der Waals surface area contributed by atoms with Crippen molar-refractivity contribution in [1.29, 1.82) is 0 Å². The molecule has 9 heteroatoms. The molecule has 0 aliphatic rings. The van der Waals surface area contributed by atoms with Crippen molar-refractivity contribution in [2.45, 2.75) is 37.5 Å². The van der Waals surface area contributed by atoms with Crippen molar-refractivity contribution in [3.05, 3.63) is 144 Å². The normalized spacial score (nSPS) is 10.7. The summed E-state index contributed by atoms with van der Waals surface area (Å²) in [4.78, 5) is 27.9. The van der Waals surface area contributed by atoms with Gasteiger partial charge in [-0.25, -0.2) is 9.59 Å². The van der Waals surface area contributed by atoms with Gasteiger partial charge in [0.15, 0.2) is 0 Å². The fourth-order valence-electron chi connectivity index (χ4n) is 5.34. The van der Waals surface area contributed by atoms with E-state index < -0.39 is 12.2 Å². The highest BCUT2D eigenvalue weighted by Crippen LogP contribution is 2.39. The molecule has 0 aliphatic heterocycles. The summed E-state index contributed by atoms with van der Waals surface area (Å²) in [5, 5.41) is 25.5. The lowest BCUT2D eigenvalue weighted by Gasteiger charge is -2.16. The first-order valence-electron chi connectivity index (χ1n) is 16.2. The maximum absolute atomic E-state index is 13.1. The minimum Gasteiger partial charge on any atom is -0.508 e. The van der Waals surface area contributed by atoms with E-state index in [1.807, 2.05) is 88.4 Å². The zero-order valence-electron chi connectivity index (χ0n) is 28.5. The lowest BCUT2D eigenvalue weighted by Crippen LogP contribution is -2.17. The minimum atomic E-state index is -0.646. The third kappa shape index (κ3) is 8.70. The SMILES string of the molecule is Cc1ccc(OC(=O)Nc2cc(Sc3ccc(-c4ccc(O)cc4)c(NC(=O)Oc4ccc(C)c(C)c4)c3)ccc2-c2ccc(O)cc2)cc1C. The van der Waals surface area contributed by atoms with Gasteiger partial charge in [0.25, 0.3) is 0 Å². The summed E-state index contributed by atoms with van der Waals surface area (Å²) >= 11 is 1.43. The molecule has 0 saturated heterocycles. The fourth-order valence-corrected chi connectivity index (χ4v) is 6.24. The summed E-state index contributed by atoms with van der Waals surface area (Å²) in [6.07, 6.45) is -1.29. The van der Waals surface area contributed by atoms with Gasteiger partial charge < -0.3 is 19.7 Å². The number of carbonyl (C=O) groups excluding carboxylic acids is 2. The summed E-state index contributed by atoms with van der Waals surface area (Å²) in [5.41, 5.74) is 8.26. The molecule has 6 aromatic carbocycles. The molecule has 2 amide bonds. The van der Waals surface area contributed by atoms with Crippen LogP contribution < -0.4 is 20.1 Å². The van der Waals surface area contributed by atoms with Crippen LogP contribution in [0.2, 0.25) is 0 Å². The maximum atomic E-state index is 13.1. The topological polar surface area (TPSA) is 117 Å². The standard InChI is InChI=1S/C42H36N2O6S/c1-25-5-15-33(21-27(25)3)49-41(47)43-39-23-35(17-19-37(39)29-7-11-31(45)12-8-29)51-36-18-20-38(30-9-13-32(46)14-10-30)40(24-36)44-42(48)50-34-16-6-26(2)28(4)22-34/h5-24,45-46H,1-4H3,(H,43,47)(H,44,48). The second-order valence-corrected chi connectivity index (χ2v) is 13.3. The number of phenols is 2. The van der Waals surface area contributed by atoms with Crippen LogP contribution in [0, 0.1) is 27.7 Å². The van der Waals surface area contributed by atoms with E-state index in [4.69, 9.17) is 9.47 Å². The first-order valence-corrected chi connectivity index (χ1v) is 17.0. The van der Waals surface area contributed by atoms with E-state index in [9.17, 15) is 19.8 Å². The summed E-state index contributed by atoms with van der Waals surface area (Å²) in [6.45, 7) is 7.89. The van der Waals surface area contributed by atoms with Crippen LogP contribution in [0.1, 0.15) is 22.3 Å². The molecule has 0 atom stereocenters. The van der Waals surface area contributed by atoms with Crippen LogP contribution in [-0.4, -0.2) is 22.4 Å². The van der Waals surface area contributed by atoms with Crippen LogP contribution in [0.4, 0.5) is 21.0 Å². The van der Waals surface area contributed by atoms with Crippen LogP contribution in [0.3, 0.4) is 0 Å². The third-order valence-corrected chi connectivity index (χ3v) is 9.40. The van der Waals surface area contributed by atoms with E-state index in [-0.39, 0.29) is 11.5 Å². The first-order chi connectivity index (χ1) is 24.5. The fraction of sp³-hybridized carbons (Fsp3) is 0.0952. The highest BCUT2D eigenvalue weighted by molar-refractivity contribution is 7.99. The zero-order valence-corrected chi connectivity index (χ0v) is 29.3. The Labute approximate surface area is 300 Å². The maximum Gasteiger partial charge on any atom is 0.417 e. The quantitative estimate of drug-likeness (QED) is 0.125. The number of hydrogen-bond acceptors (Lipinski definition) is 7. The van der Waals surface area contributed by atoms with Crippen molar-refractivity contribution in [3.8, 4) is 45.3 Å². The van der Waals surface area contributed by atoms with Crippen molar-refractivity contribution >= 4 is 35.3 Å². The van der Waals surface area contributed by atoms with E-state index in [0.717, 1.165) is 54.3 Å². The van der Waals surface area contributed by atoms with Gasteiger partial charge in [0, 0.05) is 20.9 Å². The van der Waals surface area contributed by atoms with Gasteiger partial charge in [0.2, 0.25) is 0 Å². The number of amides is 2. The van der Waals surface area contributed by atoms with Gasteiger partial charge in [0.05, 0.1) is 11.4 Å². The van der Waals surface area contributed by atoms with Gasteiger partial charge >= 0.3 is 12.2 Å². The average molecular weight is 697 g/mol. The molecule has 6 rings (SSSR count). The summed E-state index contributed by atoms with van der Waals surface area (Å²) in [5.74, 6) is 1.12. The van der Waals surface area contributed by atoms with Crippen molar-refractivity contribution < 1.29 is 29.3 Å². The number of anilines is 2. The molecular formula is C42H36N2O6S. The summed E-state index contributed by atoms with van der Waals surface area (Å²) in [7, 11) is 0. The number of aromatic hydroxyl groups is 2. The molecule has 0 unspecified atom stereocenters. The Kier molecular flexibility index (Phi) is 10.3.